The Bertz CT molecular complexity index is 584. The standard InChI is InChI=1S/C14H12FNOS/c15-11-6-2-1-5-10(11)14(17)16-13-8-9-4-3-7-12(9)18-13/h1-2,5-6,8H,3-4,7H2,(H,16,17). The Kier molecular flexibility index (Phi) is 2.88. The normalized spacial score (nSPS) is 13.4. The van der Waals surface area contributed by atoms with Gasteiger partial charge < -0.3 is 5.32 Å². The van der Waals surface area contributed by atoms with Gasteiger partial charge in [-0.15, -0.1) is 11.3 Å². The fourth-order valence-corrected chi connectivity index (χ4v) is 3.36. The molecule has 1 aliphatic rings. The highest BCUT2D eigenvalue weighted by molar-refractivity contribution is 7.16. The summed E-state index contributed by atoms with van der Waals surface area (Å²) in [5.41, 5.74) is 1.41. The Hall–Kier alpha value is -1.68. The number of aryl methyl sites for hydroxylation is 2. The largest absolute Gasteiger partial charge is 0.313 e. The second kappa shape index (κ2) is 4.53. The summed E-state index contributed by atoms with van der Waals surface area (Å²) in [5.74, 6) is -0.868. The third kappa shape index (κ3) is 2.04. The maximum atomic E-state index is 13.4. The van der Waals surface area contributed by atoms with E-state index in [0.29, 0.717) is 0 Å². The minimum absolute atomic E-state index is 0.0889. The van der Waals surface area contributed by atoms with Gasteiger partial charge in [-0.25, -0.2) is 4.39 Å². The first-order chi connectivity index (χ1) is 8.74. The molecule has 0 atom stereocenters. The molecule has 1 aromatic carbocycles. The Labute approximate surface area is 108 Å². The monoisotopic (exact) mass is 261 g/mol. The van der Waals surface area contributed by atoms with Crippen molar-refractivity contribution in [3.63, 3.8) is 0 Å². The van der Waals surface area contributed by atoms with Gasteiger partial charge in [-0.1, -0.05) is 12.1 Å². The van der Waals surface area contributed by atoms with Crippen LogP contribution in [0.4, 0.5) is 9.39 Å². The Morgan fingerprint density at radius 2 is 2.11 bits per heavy atom. The van der Waals surface area contributed by atoms with E-state index in [9.17, 15) is 9.18 Å². The van der Waals surface area contributed by atoms with E-state index in [0.717, 1.165) is 17.8 Å². The van der Waals surface area contributed by atoms with Gasteiger partial charge in [-0.2, -0.15) is 0 Å². The molecule has 92 valence electrons. The van der Waals surface area contributed by atoms with Crippen LogP contribution in [0.2, 0.25) is 0 Å². The summed E-state index contributed by atoms with van der Waals surface area (Å²) >= 11 is 1.60. The van der Waals surface area contributed by atoms with E-state index in [1.54, 1.807) is 23.5 Å². The number of carbonyl (C=O) groups excluding carboxylic acids is 1. The number of rotatable bonds is 2. The van der Waals surface area contributed by atoms with Gasteiger partial charge in [-0.05, 0) is 43.0 Å². The van der Waals surface area contributed by atoms with Crippen LogP contribution in [-0.4, -0.2) is 5.91 Å². The number of hydrogen-bond acceptors (Lipinski definition) is 2. The molecule has 1 aliphatic carbocycles. The molecule has 1 aromatic heterocycles. The van der Waals surface area contributed by atoms with E-state index in [4.69, 9.17) is 0 Å². The van der Waals surface area contributed by atoms with Gasteiger partial charge in [0.2, 0.25) is 0 Å². The first kappa shape index (κ1) is 11.4. The molecule has 0 bridgehead atoms. The molecular formula is C14H12FNOS. The number of anilines is 1. The third-order valence-corrected chi connectivity index (χ3v) is 4.25. The lowest BCUT2D eigenvalue weighted by Crippen LogP contribution is -2.12. The van der Waals surface area contributed by atoms with Crippen LogP contribution in [0.5, 0.6) is 0 Å². The number of halogens is 1. The molecule has 2 aromatic rings. The fraction of sp³-hybridized carbons (Fsp3) is 0.214. The van der Waals surface area contributed by atoms with E-state index >= 15 is 0 Å². The van der Waals surface area contributed by atoms with Gasteiger partial charge in [0.05, 0.1) is 10.6 Å². The molecule has 0 fully saturated rings. The maximum absolute atomic E-state index is 13.4. The number of thiophene rings is 1. The SMILES string of the molecule is O=C(Nc1cc2c(s1)CCC2)c1ccccc1F. The van der Waals surface area contributed by atoms with Gasteiger partial charge in [0.1, 0.15) is 5.82 Å². The first-order valence-electron chi connectivity index (χ1n) is 5.91. The van der Waals surface area contributed by atoms with Crippen molar-refractivity contribution in [3.05, 3.63) is 52.2 Å². The van der Waals surface area contributed by atoms with Crippen molar-refractivity contribution < 1.29 is 9.18 Å². The molecule has 0 saturated carbocycles. The molecule has 1 amide bonds. The predicted octanol–water partition coefficient (Wildman–Crippen LogP) is 3.63. The summed E-state index contributed by atoms with van der Waals surface area (Å²) in [4.78, 5) is 13.3. The maximum Gasteiger partial charge on any atom is 0.259 e. The van der Waals surface area contributed by atoms with Gasteiger partial charge in [-0.3, -0.25) is 4.79 Å². The minimum atomic E-state index is -0.487. The lowest BCUT2D eigenvalue weighted by Gasteiger charge is -2.03. The zero-order valence-corrected chi connectivity index (χ0v) is 10.5. The zero-order valence-electron chi connectivity index (χ0n) is 9.70. The number of nitrogens with one attached hydrogen (secondary N) is 1. The van der Waals surface area contributed by atoms with E-state index < -0.39 is 5.82 Å². The number of amides is 1. The molecular weight excluding hydrogens is 249 g/mol. The van der Waals surface area contributed by atoms with Crippen molar-refractivity contribution in [2.45, 2.75) is 19.3 Å². The van der Waals surface area contributed by atoms with Crippen molar-refractivity contribution in [1.82, 2.24) is 0 Å². The second-order valence-electron chi connectivity index (χ2n) is 4.35. The highest BCUT2D eigenvalue weighted by atomic mass is 32.1. The van der Waals surface area contributed by atoms with Crippen molar-refractivity contribution in [3.8, 4) is 0 Å². The molecule has 18 heavy (non-hydrogen) atoms. The van der Waals surface area contributed by atoms with Crippen LogP contribution in [-0.2, 0) is 12.8 Å². The van der Waals surface area contributed by atoms with Gasteiger partial charge in [0, 0.05) is 4.88 Å². The molecule has 3 rings (SSSR count). The van der Waals surface area contributed by atoms with Crippen molar-refractivity contribution in [1.29, 1.82) is 0 Å². The van der Waals surface area contributed by atoms with E-state index in [1.807, 2.05) is 6.07 Å². The van der Waals surface area contributed by atoms with Crippen LogP contribution >= 0.6 is 11.3 Å². The summed E-state index contributed by atoms with van der Waals surface area (Å²) < 4.78 is 13.4. The van der Waals surface area contributed by atoms with Crippen molar-refractivity contribution >= 4 is 22.2 Å². The Morgan fingerprint density at radius 3 is 2.89 bits per heavy atom. The summed E-state index contributed by atoms with van der Waals surface area (Å²) in [6.45, 7) is 0. The molecule has 0 radical (unpaired) electrons. The molecule has 4 heteroatoms. The van der Waals surface area contributed by atoms with Crippen LogP contribution in [0, 0.1) is 5.82 Å². The van der Waals surface area contributed by atoms with E-state index in [2.05, 4.69) is 5.32 Å². The average Bonchev–Trinajstić information content (AvgIpc) is 2.90. The molecule has 2 nitrogen and oxygen atoms in total. The van der Waals surface area contributed by atoms with Gasteiger partial charge in [0.25, 0.3) is 5.91 Å². The summed E-state index contributed by atoms with van der Waals surface area (Å²) in [7, 11) is 0. The predicted molar refractivity (Wildman–Crippen MR) is 70.7 cm³/mol. The summed E-state index contributed by atoms with van der Waals surface area (Å²) in [6.07, 6.45) is 3.37. The molecule has 0 spiro atoms. The van der Waals surface area contributed by atoms with E-state index in [-0.39, 0.29) is 11.5 Å². The van der Waals surface area contributed by atoms with Crippen molar-refractivity contribution in [2.24, 2.45) is 0 Å². The van der Waals surface area contributed by atoms with Crippen LogP contribution in [0.3, 0.4) is 0 Å². The highest BCUT2D eigenvalue weighted by Crippen LogP contribution is 2.34. The topological polar surface area (TPSA) is 29.1 Å². The lowest BCUT2D eigenvalue weighted by atomic mass is 10.2. The van der Waals surface area contributed by atoms with Crippen molar-refractivity contribution in [2.75, 3.05) is 5.32 Å². The number of hydrogen-bond donors (Lipinski definition) is 1. The van der Waals surface area contributed by atoms with E-state index in [1.165, 1.54) is 29.0 Å². The smallest absolute Gasteiger partial charge is 0.259 e. The van der Waals surface area contributed by atoms with Crippen LogP contribution in [0.25, 0.3) is 0 Å². The first-order valence-corrected chi connectivity index (χ1v) is 6.73. The number of carbonyl (C=O) groups is 1. The van der Waals surface area contributed by atoms with Crippen LogP contribution in [0.15, 0.2) is 30.3 Å². The quantitative estimate of drug-likeness (QED) is 0.878. The Morgan fingerprint density at radius 1 is 1.28 bits per heavy atom. The molecule has 1 heterocycles. The molecule has 0 unspecified atom stereocenters. The number of fused-ring (bicyclic) bond motifs is 1. The molecule has 0 aliphatic heterocycles. The zero-order chi connectivity index (χ0) is 12.5. The van der Waals surface area contributed by atoms with Crippen LogP contribution in [0.1, 0.15) is 27.2 Å². The minimum Gasteiger partial charge on any atom is -0.313 e. The lowest BCUT2D eigenvalue weighted by molar-refractivity contribution is 0.102. The highest BCUT2D eigenvalue weighted by Gasteiger charge is 2.17. The number of benzene rings is 1. The van der Waals surface area contributed by atoms with Gasteiger partial charge in [0.15, 0.2) is 0 Å². The summed E-state index contributed by atoms with van der Waals surface area (Å²) in [6, 6.07) is 8.03. The second-order valence-corrected chi connectivity index (χ2v) is 5.48. The molecule has 1 N–H and O–H groups in total. The Balaban J connectivity index is 1.80. The van der Waals surface area contributed by atoms with Crippen LogP contribution < -0.4 is 5.32 Å². The average molecular weight is 261 g/mol. The summed E-state index contributed by atoms with van der Waals surface area (Å²) in [5, 5.41) is 3.58. The fourth-order valence-electron chi connectivity index (χ4n) is 2.22. The third-order valence-electron chi connectivity index (χ3n) is 3.10. The molecule has 0 saturated heterocycles. The van der Waals surface area contributed by atoms with Gasteiger partial charge >= 0.3 is 0 Å².